The van der Waals surface area contributed by atoms with Crippen LogP contribution in [0.15, 0.2) is 22.8 Å². The Balaban J connectivity index is 2.92. The van der Waals surface area contributed by atoms with Crippen molar-refractivity contribution in [3.8, 4) is 0 Å². The van der Waals surface area contributed by atoms with Gasteiger partial charge in [-0.3, -0.25) is 0 Å². The minimum Gasteiger partial charge on any atom is -0.467 e. The Bertz CT molecular complexity index is 286. The van der Waals surface area contributed by atoms with Crippen molar-refractivity contribution >= 4 is 0 Å². The zero-order valence-electron chi connectivity index (χ0n) is 8.01. The van der Waals surface area contributed by atoms with Gasteiger partial charge < -0.3 is 9.73 Å². The highest BCUT2D eigenvalue weighted by atomic mass is 19.3. The molecule has 1 aromatic heterocycles. The minimum atomic E-state index is -4.14. The van der Waals surface area contributed by atoms with Gasteiger partial charge in [-0.15, -0.1) is 0 Å². The third kappa shape index (κ3) is 2.50. The average molecular weight is 225 g/mol. The van der Waals surface area contributed by atoms with Crippen LogP contribution in [0.1, 0.15) is 18.7 Å². The lowest BCUT2D eigenvalue weighted by atomic mass is 10.1. The smallest absolute Gasteiger partial charge is 0.329 e. The van der Waals surface area contributed by atoms with Gasteiger partial charge in [0.25, 0.3) is 0 Å². The van der Waals surface area contributed by atoms with Gasteiger partial charge in [0.1, 0.15) is 11.8 Å². The lowest BCUT2D eigenvalue weighted by molar-refractivity contribution is -0.154. The molecule has 1 heterocycles. The first-order valence-corrected chi connectivity index (χ1v) is 4.42. The maximum Gasteiger partial charge on any atom is 0.329 e. The molecule has 86 valence electrons. The molecule has 0 bridgehead atoms. The molecular weight excluding hydrogens is 214 g/mol. The van der Waals surface area contributed by atoms with Crippen molar-refractivity contribution in [3.05, 3.63) is 24.2 Å². The third-order valence-corrected chi connectivity index (χ3v) is 1.91. The zero-order valence-corrected chi connectivity index (χ0v) is 8.01. The van der Waals surface area contributed by atoms with Crippen LogP contribution in [0.4, 0.5) is 17.6 Å². The lowest BCUT2D eigenvalue weighted by Gasteiger charge is -2.24. The molecule has 0 fully saturated rings. The molecule has 15 heavy (non-hydrogen) atoms. The molecule has 0 saturated carbocycles. The number of nitrogens with one attached hydrogen (secondary N) is 1. The van der Waals surface area contributed by atoms with E-state index < -0.39 is 18.4 Å². The van der Waals surface area contributed by atoms with Crippen molar-refractivity contribution in [1.82, 2.24) is 5.32 Å². The fraction of sp³-hybridized carbons (Fsp3) is 0.556. The van der Waals surface area contributed by atoms with Crippen LogP contribution in [-0.4, -0.2) is 18.9 Å². The van der Waals surface area contributed by atoms with E-state index in [1.807, 2.05) is 0 Å². The number of halogens is 4. The minimum absolute atomic E-state index is 0.147. The molecule has 0 spiro atoms. The van der Waals surface area contributed by atoms with E-state index in [2.05, 4.69) is 5.32 Å². The van der Waals surface area contributed by atoms with Crippen molar-refractivity contribution < 1.29 is 22.0 Å². The highest BCUT2D eigenvalue weighted by Crippen LogP contribution is 2.36. The lowest BCUT2D eigenvalue weighted by Crippen LogP contribution is -2.42. The van der Waals surface area contributed by atoms with E-state index >= 15 is 0 Å². The summed E-state index contributed by atoms with van der Waals surface area (Å²) < 4.78 is 55.2. The van der Waals surface area contributed by atoms with Crippen LogP contribution in [0.3, 0.4) is 0 Å². The summed E-state index contributed by atoms with van der Waals surface area (Å²) in [6.45, 7) is 1.70. The predicted octanol–water partition coefficient (Wildman–Crippen LogP) is 2.83. The van der Waals surface area contributed by atoms with Gasteiger partial charge in [-0.05, 0) is 18.7 Å². The van der Waals surface area contributed by atoms with Crippen molar-refractivity contribution in [2.45, 2.75) is 25.3 Å². The molecule has 0 amide bonds. The fourth-order valence-electron chi connectivity index (χ4n) is 1.21. The second-order valence-electron chi connectivity index (χ2n) is 2.98. The Morgan fingerprint density at radius 2 is 2.13 bits per heavy atom. The number of alkyl halides is 4. The molecule has 1 N–H and O–H groups in total. The first-order valence-electron chi connectivity index (χ1n) is 4.42. The Morgan fingerprint density at radius 1 is 1.47 bits per heavy atom. The molecular formula is C9H11F4NO. The number of furan rings is 1. The highest BCUT2D eigenvalue weighted by Gasteiger charge is 2.50. The van der Waals surface area contributed by atoms with E-state index in [1.165, 1.54) is 18.4 Å². The van der Waals surface area contributed by atoms with Crippen molar-refractivity contribution in [2.24, 2.45) is 0 Å². The molecule has 1 unspecified atom stereocenters. The maximum absolute atomic E-state index is 13.1. The van der Waals surface area contributed by atoms with E-state index in [-0.39, 0.29) is 12.3 Å². The van der Waals surface area contributed by atoms with E-state index in [4.69, 9.17) is 4.42 Å². The molecule has 0 aromatic carbocycles. The average Bonchev–Trinajstić information content (AvgIpc) is 2.66. The maximum atomic E-state index is 13.1. The highest BCUT2D eigenvalue weighted by molar-refractivity contribution is 5.09. The van der Waals surface area contributed by atoms with Crippen molar-refractivity contribution in [2.75, 3.05) is 6.54 Å². The SMILES string of the molecule is CCNC(c1ccco1)C(F)(F)C(F)F. The summed E-state index contributed by atoms with van der Waals surface area (Å²) in [4.78, 5) is 0. The Kier molecular flexibility index (Phi) is 3.73. The van der Waals surface area contributed by atoms with E-state index in [0.29, 0.717) is 0 Å². The van der Waals surface area contributed by atoms with Crippen LogP contribution in [0.5, 0.6) is 0 Å². The first kappa shape index (κ1) is 12.0. The Morgan fingerprint density at radius 3 is 2.53 bits per heavy atom. The van der Waals surface area contributed by atoms with Gasteiger partial charge in [-0.1, -0.05) is 6.92 Å². The summed E-state index contributed by atoms with van der Waals surface area (Å²) in [6, 6.07) is 0.822. The largest absolute Gasteiger partial charge is 0.467 e. The Hall–Kier alpha value is -1.04. The molecule has 0 saturated heterocycles. The molecule has 0 aliphatic heterocycles. The van der Waals surface area contributed by atoms with Crippen molar-refractivity contribution in [1.29, 1.82) is 0 Å². The topological polar surface area (TPSA) is 25.2 Å². The molecule has 1 rings (SSSR count). The van der Waals surface area contributed by atoms with Gasteiger partial charge in [0.05, 0.1) is 6.26 Å². The van der Waals surface area contributed by atoms with Gasteiger partial charge in [-0.2, -0.15) is 8.78 Å². The molecule has 0 aliphatic carbocycles. The van der Waals surface area contributed by atoms with Crippen LogP contribution >= 0.6 is 0 Å². The monoisotopic (exact) mass is 225 g/mol. The molecule has 1 atom stereocenters. The standard InChI is InChI=1S/C9H11F4NO/c1-2-14-7(6-4-3-5-15-6)9(12,13)8(10)11/h3-5,7-8,14H,2H2,1H3. The van der Waals surface area contributed by atoms with Gasteiger partial charge in [-0.25, -0.2) is 8.78 Å². The van der Waals surface area contributed by atoms with Gasteiger partial charge >= 0.3 is 12.3 Å². The predicted molar refractivity (Wildman–Crippen MR) is 46.1 cm³/mol. The van der Waals surface area contributed by atoms with E-state index in [0.717, 1.165) is 0 Å². The summed E-state index contributed by atoms with van der Waals surface area (Å²) >= 11 is 0. The van der Waals surface area contributed by atoms with E-state index in [1.54, 1.807) is 6.92 Å². The fourth-order valence-corrected chi connectivity index (χ4v) is 1.21. The second kappa shape index (κ2) is 4.65. The van der Waals surface area contributed by atoms with Crippen LogP contribution in [-0.2, 0) is 0 Å². The molecule has 2 nitrogen and oxygen atoms in total. The van der Waals surface area contributed by atoms with Gasteiger partial charge in [0.15, 0.2) is 0 Å². The second-order valence-corrected chi connectivity index (χ2v) is 2.98. The van der Waals surface area contributed by atoms with E-state index in [9.17, 15) is 17.6 Å². The molecule has 1 aromatic rings. The van der Waals surface area contributed by atoms with Crippen LogP contribution < -0.4 is 5.32 Å². The number of hydrogen-bond acceptors (Lipinski definition) is 2. The van der Waals surface area contributed by atoms with Gasteiger partial charge in [0.2, 0.25) is 0 Å². The summed E-state index contributed by atoms with van der Waals surface area (Å²) in [5.41, 5.74) is 0. The summed E-state index contributed by atoms with van der Waals surface area (Å²) in [7, 11) is 0. The summed E-state index contributed by atoms with van der Waals surface area (Å²) in [5, 5.41) is 2.28. The molecule has 0 aliphatic rings. The summed E-state index contributed by atoms with van der Waals surface area (Å²) in [6.07, 6.45) is -2.56. The van der Waals surface area contributed by atoms with Crippen LogP contribution in [0.25, 0.3) is 0 Å². The quantitative estimate of drug-likeness (QED) is 0.779. The first-order chi connectivity index (χ1) is 7.00. The zero-order chi connectivity index (χ0) is 11.5. The number of hydrogen-bond donors (Lipinski definition) is 1. The molecule has 6 heteroatoms. The van der Waals surface area contributed by atoms with Crippen LogP contribution in [0.2, 0.25) is 0 Å². The third-order valence-electron chi connectivity index (χ3n) is 1.91. The van der Waals surface area contributed by atoms with Crippen LogP contribution in [0, 0.1) is 0 Å². The molecule has 0 radical (unpaired) electrons. The normalized spacial score (nSPS) is 14.5. The Labute approximate surface area is 84.3 Å². The van der Waals surface area contributed by atoms with Crippen molar-refractivity contribution in [3.63, 3.8) is 0 Å². The summed E-state index contributed by atoms with van der Waals surface area (Å²) in [5.74, 6) is -4.34. The number of rotatable bonds is 5. The van der Waals surface area contributed by atoms with Gasteiger partial charge in [0, 0.05) is 0 Å².